The molecule has 2 heteroatoms. The molecule has 1 rings (SSSR count). The number of rotatable bonds is 2. The number of aromatic nitrogens is 1. The standard InChI is InChI=1S/C11H16N2/c1-8(2)9(3)13-11-6-5-7-12-10(11)4/h5-8H,1-4H3. The molecule has 1 aromatic heterocycles. The molecule has 1 aromatic rings. The number of nitrogens with zero attached hydrogens (tertiary/aromatic N) is 2. The van der Waals surface area contributed by atoms with E-state index in [1.54, 1.807) is 6.20 Å². The van der Waals surface area contributed by atoms with E-state index < -0.39 is 0 Å². The van der Waals surface area contributed by atoms with Crippen LogP contribution >= 0.6 is 0 Å². The fourth-order valence-corrected chi connectivity index (χ4v) is 0.913. The fourth-order valence-electron chi connectivity index (χ4n) is 0.913. The van der Waals surface area contributed by atoms with Crippen LogP contribution in [0.2, 0.25) is 0 Å². The molecule has 0 aliphatic rings. The SMILES string of the molecule is CC(=Nc1cccnc1C)C(C)C. The van der Waals surface area contributed by atoms with E-state index in [1.807, 2.05) is 19.1 Å². The Kier molecular flexibility index (Phi) is 3.18. The van der Waals surface area contributed by atoms with Crippen molar-refractivity contribution >= 4 is 11.4 Å². The Balaban J connectivity index is 2.97. The van der Waals surface area contributed by atoms with Gasteiger partial charge in [-0.2, -0.15) is 0 Å². The molecule has 0 bridgehead atoms. The first-order valence-corrected chi connectivity index (χ1v) is 4.58. The van der Waals surface area contributed by atoms with Crippen LogP contribution in [-0.4, -0.2) is 10.7 Å². The lowest BCUT2D eigenvalue weighted by Gasteiger charge is -2.04. The summed E-state index contributed by atoms with van der Waals surface area (Å²) < 4.78 is 0. The summed E-state index contributed by atoms with van der Waals surface area (Å²) in [7, 11) is 0. The molecule has 0 spiro atoms. The molecule has 0 aromatic carbocycles. The smallest absolute Gasteiger partial charge is 0.0841 e. The largest absolute Gasteiger partial charge is 0.259 e. The van der Waals surface area contributed by atoms with Crippen LogP contribution in [-0.2, 0) is 0 Å². The molecule has 0 atom stereocenters. The van der Waals surface area contributed by atoms with Gasteiger partial charge in [-0.1, -0.05) is 13.8 Å². The van der Waals surface area contributed by atoms with Crippen molar-refractivity contribution in [2.24, 2.45) is 10.9 Å². The lowest BCUT2D eigenvalue weighted by atomic mass is 10.1. The summed E-state index contributed by atoms with van der Waals surface area (Å²) in [5.41, 5.74) is 3.12. The first kappa shape index (κ1) is 9.90. The van der Waals surface area contributed by atoms with Gasteiger partial charge in [-0.05, 0) is 31.9 Å². The number of hydrogen-bond donors (Lipinski definition) is 0. The van der Waals surface area contributed by atoms with E-state index in [2.05, 4.69) is 30.7 Å². The summed E-state index contributed by atoms with van der Waals surface area (Å²) in [6.07, 6.45) is 1.79. The Morgan fingerprint density at radius 3 is 2.69 bits per heavy atom. The lowest BCUT2D eigenvalue weighted by molar-refractivity contribution is 0.878. The molecule has 0 aliphatic heterocycles. The van der Waals surface area contributed by atoms with Gasteiger partial charge in [0.2, 0.25) is 0 Å². The van der Waals surface area contributed by atoms with Crippen molar-refractivity contribution in [3.8, 4) is 0 Å². The third-order valence-corrected chi connectivity index (χ3v) is 2.11. The van der Waals surface area contributed by atoms with Crippen molar-refractivity contribution in [3.63, 3.8) is 0 Å². The Bertz CT molecular complexity index is 314. The van der Waals surface area contributed by atoms with E-state index in [1.165, 1.54) is 0 Å². The fraction of sp³-hybridized carbons (Fsp3) is 0.455. The molecule has 0 saturated heterocycles. The van der Waals surface area contributed by atoms with Crippen LogP contribution in [0.15, 0.2) is 23.3 Å². The van der Waals surface area contributed by atoms with Crippen LogP contribution < -0.4 is 0 Å². The van der Waals surface area contributed by atoms with Crippen molar-refractivity contribution in [1.29, 1.82) is 0 Å². The minimum atomic E-state index is 0.500. The number of pyridine rings is 1. The topological polar surface area (TPSA) is 25.2 Å². The number of hydrogen-bond acceptors (Lipinski definition) is 2. The van der Waals surface area contributed by atoms with Gasteiger partial charge in [0.25, 0.3) is 0 Å². The average molecular weight is 176 g/mol. The Hall–Kier alpha value is -1.18. The van der Waals surface area contributed by atoms with Crippen molar-refractivity contribution in [3.05, 3.63) is 24.0 Å². The second-order valence-corrected chi connectivity index (χ2v) is 3.52. The molecule has 1 heterocycles. The van der Waals surface area contributed by atoms with Crippen molar-refractivity contribution < 1.29 is 0 Å². The van der Waals surface area contributed by atoms with Crippen LogP contribution in [0.4, 0.5) is 5.69 Å². The quantitative estimate of drug-likeness (QED) is 0.635. The summed E-state index contributed by atoms with van der Waals surface area (Å²) in [4.78, 5) is 8.70. The molecule has 0 aliphatic carbocycles. The summed E-state index contributed by atoms with van der Waals surface area (Å²) in [6.45, 7) is 8.32. The van der Waals surface area contributed by atoms with E-state index in [9.17, 15) is 0 Å². The summed E-state index contributed by atoms with van der Waals surface area (Å²) in [6, 6.07) is 3.91. The van der Waals surface area contributed by atoms with Gasteiger partial charge in [-0.15, -0.1) is 0 Å². The molecular weight excluding hydrogens is 160 g/mol. The minimum absolute atomic E-state index is 0.500. The molecule has 0 N–H and O–H groups in total. The van der Waals surface area contributed by atoms with Crippen LogP contribution in [0, 0.1) is 12.8 Å². The first-order valence-electron chi connectivity index (χ1n) is 4.58. The maximum Gasteiger partial charge on any atom is 0.0841 e. The third-order valence-electron chi connectivity index (χ3n) is 2.11. The Morgan fingerprint density at radius 1 is 1.46 bits per heavy atom. The average Bonchev–Trinajstić information content (AvgIpc) is 2.08. The zero-order valence-corrected chi connectivity index (χ0v) is 8.70. The highest BCUT2D eigenvalue weighted by Gasteiger charge is 2.00. The Morgan fingerprint density at radius 2 is 2.15 bits per heavy atom. The van der Waals surface area contributed by atoms with Crippen molar-refractivity contribution in [2.75, 3.05) is 0 Å². The van der Waals surface area contributed by atoms with Gasteiger partial charge in [0.1, 0.15) is 0 Å². The van der Waals surface area contributed by atoms with Gasteiger partial charge in [-0.3, -0.25) is 9.98 Å². The summed E-state index contributed by atoms with van der Waals surface area (Å²) in [5, 5.41) is 0. The zero-order valence-electron chi connectivity index (χ0n) is 8.70. The van der Waals surface area contributed by atoms with Gasteiger partial charge in [0, 0.05) is 11.9 Å². The monoisotopic (exact) mass is 176 g/mol. The first-order chi connectivity index (χ1) is 6.11. The molecule has 0 fully saturated rings. The van der Waals surface area contributed by atoms with Crippen LogP contribution in [0.1, 0.15) is 26.5 Å². The van der Waals surface area contributed by atoms with Crippen LogP contribution in [0.3, 0.4) is 0 Å². The van der Waals surface area contributed by atoms with Crippen molar-refractivity contribution in [1.82, 2.24) is 4.98 Å². The molecule has 0 unspecified atom stereocenters. The number of aliphatic imine (C=N–C) groups is 1. The second-order valence-electron chi connectivity index (χ2n) is 3.52. The zero-order chi connectivity index (χ0) is 9.84. The third kappa shape index (κ3) is 2.65. The van der Waals surface area contributed by atoms with E-state index in [0.717, 1.165) is 17.1 Å². The van der Waals surface area contributed by atoms with Gasteiger partial charge in [0.05, 0.1) is 11.4 Å². The molecule has 2 nitrogen and oxygen atoms in total. The maximum absolute atomic E-state index is 4.51. The predicted molar refractivity (Wildman–Crippen MR) is 56.6 cm³/mol. The van der Waals surface area contributed by atoms with Crippen LogP contribution in [0.5, 0.6) is 0 Å². The minimum Gasteiger partial charge on any atom is -0.259 e. The Labute approximate surface area is 79.7 Å². The second kappa shape index (κ2) is 4.17. The highest BCUT2D eigenvalue weighted by molar-refractivity contribution is 5.86. The highest BCUT2D eigenvalue weighted by Crippen LogP contribution is 2.16. The number of aryl methyl sites for hydroxylation is 1. The normalized spacial score (nSPS) is 12.2. The van der Waals surface area contributed by atoms with E-state index in [-0.39, 0.29) is 0 Å². The van der Waals surface area contributed by atoms with Crippen LogP contribution in [0.25, 0.3) is 0 Å². The molecule has 0 radical (unpaired) electrons. The van der Waals surface area contributed by atoms with E-state index >= 15 is 0 Å². The molecule has 70 valence electrons. The predicted octanol–water partition coefficient (Wildman–Crippen LogP) is 3.14. The highest BCUT2D eigenvalue weighted by atomic mass is 14.8. The molecule has 0 amide bonds. The van der Waals surface area contributed by atoms with Crippen molar-refractivity contribution in [2.45, 2.75) is 27.7 Å². The van der Waals surface area contributed by atoms with Gasteiger partial charge in [0.15, 0.2) is 0 Å². The van der Waals surface area contributed by atoms with Gasteiger partial charge in [-0.25, -0.2) is 0 Å². The molecule has 0 saturated carbocycles. The maximum atomic E-state index is 4.51. The summed E-state index contributed by atoms with van der Waals surface area (Å²) >= 11 is 0. The summed E-state index contributed by atoms with van der Waals surface area (Å²) in [5.74, 6) is 0.500. The lowest BCUT2D eigenvalue weighted by Crippen LogP contribution is -2.00. The van der Waals surface area contributed by atoms with E-state index in [0.29, 0.717) is 5.92 Å². The van der Waals surface area contributed by atoms with Gasteiger partial charge < -0.3 is 0 Å². The molecular formula is C11H16N2. The van der Waals surface area contributed by atoms with E-state index in [4.69, 9.17) is 0 Å². The molecule has 13 heavy (non-hydrogen) atoms. The van der Waals surface area contributed by atoms with Gasteiger partial charge >= 0.3 is 0 Å².